The van der Waals surface area contributed by atoms with E-state index >= 15 is 0 Å². The first-order valence-electron chi connectivity index (χ1n) is 11.1. The number of piperidine rings is 1. The standard InChI is InChI=1S/C26H28N2O5/c1-16-7-4-5-9-20(16)22-14-24(29)33-23-13-19(10-11-21(22)23)27(3)17(2)25(30)28-12-6-8-18(15-28)26(31)32/h4-5,7,9-11,13-14,17-18H,6,8,12,15H2,1-3H3,(H,31,32)/t17-,18?/m1/s1. The van der Waals surface area contributed by atoms with Crippen LogP contribution < -0.4 is 10.5 Å². The number of carbonyl (C=O) groups is 2. The third-order valence-corrected chi connectivity index (χ3v) is 6.59. The van der Waals surface area contributed by atoms with Crippen LogP contribution in [0.4, 0.5) is 5.69 Å². The molecular formula is C26H28N2O5. The summed E-state index contributed by atoms with van der Waals surface area (Å²) in [6.45, 7) is 4.60. The molecule has 0 saturated carbocycles. The van der Waals surface area contributed by atoms with Crippen LogP contribution in [0.25, 0.3) is 22.1 Å². The Balaban J connectivity index is 1.63. The van der Waals surface area contributed by atoms with Gasteiger partial charge < -0.3 is 19.3 Å². The number of fused-ring (bicyclic) bond motifs is 1. The molecule has 0 aliphatic carbocycles. The Morgan fingerprint density at radius 1 is 1.15 bits per heavy atom. The number of likely N-dealkylation sites (tertiary alicyclic amines) is 1. The van der Waals surface area contributed by atoms with E-state index in [1.165, 1.54) is 6.07 Å². The Labute approximate surface area is 192 Å². The van der Waals surface area contributed by atoms with Gasteiger partial charge in [-0.2, -0.15) is 0 Å². The second-order valence-corrected chi connectivity index (χ2v) is 8.72. The lowest BCUT2D eigenvalue weighted by Gasteiger charge is -2.35. The van der Waals surface area contributed by atoms with Gasteiger partial charge in [0.2, 0.25) is 5.91 Å². The van der Waals surface area contributed by atoms with E-state index in [-0.39, 0.29) is 12.5 Å². The number of rotatable bonds is 5. The van der Waals surface area contributed by atoms with Crippen molar-refractivity contribution < 1.29 is 19.1 Å². The molecule has 3 aromatic rings. The minimum atomic E-state index is -0.859. The normalized spacial score (nSPS) is 17.1. The van der Waals surface area contributed by atoms with Crippen LogP contribution in [-0.4, -0.2) is 48.1 Å². The van der Waals surface area contributed by atoms with Crippen molar-refractivity contribution in [1.29, 1.82) is 0 Å². The number of benzene rings is 2. The topological polar surface area (TPSA) is 91.1 Å². The molecule has 0 bridgehead atoms. The Hall–Kier alpha value is -3.61. The van der Waals surface area contributed by atoms with E-state index in [2.05, 4.69) is 0 Å². The molecule has 7 nitrogen and oxygen atoms in total. The Morgan fingerprint density at radius 2 is 1.91 bits per heavy atom. The summed E-state index contributed by atoms with van der Waals surface area (Å²) in [5, 5.41) is 10.1. The highest BCUT2D eigenvalue weighted by atomic mass is 16.4. The SMILES string of the molecule is Cc1ccccc1-c1cc(=O)oc2cc(N(C)[C@H](C)C(=O)N3CCCC(C(=O)O)C3)ccc12. The number of hydrogen-bond acceptors (Lipinski definition) is 5. The first kappa shape index (κ1) is 22.6. The molecule has 33 heavy (non-hydrogen) atoms. The van der Waals surface area contributed by atoms with Gasteiger partial charge in [-0.15, -0.1) is 0 Å². The zero-order valence-corrected chi connectivity index (χ0v) is 19.1. The molecule has 1 aromatic heterocycles. The predicted molar refractivity (Wildman–Crippen MR) is 127 cm³/mol. The summed E-state index contributed by atoms with van der Waals surface area (Å²) in [7, 11) is 1.81. The molecule has 1 aliphatic heterocycles. The van der Waals surface area contributed by atoms with Crippen molar-refractivity contribution in [3.63, 3.8) is 0 Å². The second-order valence-electron chi connectivity index (χ2n) is 8.72. The third kappa shape index (κ3) is 4.49. The number of aryl methyl sites for hydroxylation is 1. The fourth-order valence-electron chi connectivity index (χ4n) is 4.50. The summed E-state index contributed by atoms with van der Waals surface area (Å²) in [5.74, 6) is -1.49. The van der Waals surface area contributed by atoms with Crippen LogP contribution in [0.5, 0.6) is 0 Å². The van der Waals surface area contributed by atoms with Gasteiger partial charge in [-0.05, 0) is 49.9 Å². The average molecular weight is 449 g/mol. The van der Waals surface area contributed by atoms with Crippen LogP contribution in [0.3, 0.4) is 0 Å². The van der Waals surface area contributed by atoms with E-state index in [0.717, 1.165) is 27.8 Å². The number of carboxylic acids is 1. The molecule has 4 rings (SSSR count). The van der Waals surface area contributed by atoms with E-state index < -0.39 is 23.6 Å². The zero-order chi connectivity index (χ0) is 23.7. The first-order chi connectivity index (χ1) is 15.8. The number of aliphatic carboxylic acids is 1. The van der Waals surface area contributed by atoms with Gasteiger partial charge in [-0.25, -0.2) is 4.79 Å². The monoisotopic (exact) mass is 448 g/mol. The highest BCUT2D eigenvalue weighted by molar-refractivity contribution is 5.96. The quantitative estimate of drug-likeness (QED) is 0.595. The number of likely N-dealkylation sites (N-methyl/N-ethyl adjacent to an activating group) is 1. The van der Waals surface area contributed by atoms with Crippen molar-refractivity contribution in [2.24, 2.45) is 5.92 Å². The van der Waals surface area contributed by atoms with Crippen molar-refractivity contribution in [2.45, 2.75) is 32.7 Å². The van der Waals surface area contributed by atoms with Gasteiger partial charge in [0.1, 0.15) is 11.6 Å². The smallest absolute Gasteiger partial charge is 0.336 e. The number of nitrogens with zero attached hydrogens (tertiary/aromatic N) is 2. The van der Waals surface area contributed by atoms with E-state index in [1.54, 1.807) is 17.9 Å². The number of hydrogen-bond donors (Lipinski definition) is 1. The van der Waals surface area contributed by atoms with Crippen LogP contribution in [0, 0.1) is 12.8 Å². The van der Waals surface area contributed by atoms with Crippen molar-refractivity contribution in [2.75, 3.05) is 25.0 Å². The number of carbonyl (C=O) groups excluding carboxylic acids is 1. The van der Waals surface area contributed by atoms with E-state index in [1.807, 2.05) is 55.3 Å². The maximum Gasteiger partial charge on any atom is 0.336 e. The van der Waals surface area contributed by atoms with Crippen molar-refractivity contribution in [3.8, 4) is 11.1 Å². The number of anilines is 1. The molecule has 1 amide bonds. The molecule has 1 N–H and O–H groups in total. The molecule has 1 fully saturated rings. The van der Waals surface area contributed by atoms with Crippen molar-refractivity contribution in [3.05, 3.63) is 64.5 Å². The summed E-state index contributed by atoms with van der Waals surface area (Å²) in [4.78, 5) is 40.2. The highest BCUT2D eigenvalue weighted by Gasteiger charge is 2.31. The van der Waals surface area contributed by atoms with Gasteiger partial charge in [0.25, 0.3) is 0 Å². The molecule has 7 heteroatoms. The van der Waals surface area contributed by atoms with Crippen molar-refractivity contribution in [1.82, 2.24) is 4.90 Å². The van der Waals surface area contributed by atoms with Crippen LogP contribution in [0.2, 0.25) is 0 Å². The molecule has 172 valence electrons. The van der Waals surface area contributed by atoms with Gasteiger partial charge in [-0.3, -0.25) is 9.59 Å². The van der Waals surface area contributed by atoms with Crippen molar-refractivity contribution >= 4 is 28.5 Å². The molecular weight excluding hydrogens is 420 g/mol. The first-order valence-corrected chi connectivity index (χ1v) is 11.1. The molecule has 0 radical (unpaired) electrons. The Bertz CT molecular complexity index is 1270. The molecule has 2 aromatic carbocycles. The summed E-state index contributed by atoms with van der Waals surface area (Å²) in [6.07, 6.45) is 1.28. The van der Waals surface area contributed by atoms with Gasteiger partial charge in [0.15, 0.2) is 0 Å². The second kappa shape index (κ2) is 9.10. The van der Waals surface area contributed by atoms with E-state index in [4.69, 9.17) is 4.42 Å². The Morgan fingerprint density at radius 3 is 2.64 bits per heavy atom. The third-order valence-electron chi connectivity index (χ3n) is 6.59. The summed E-state index contributed by atoms with van der Waals surface area (Å²) < 4.78 is 5.51. The maximum absolute atomic E-state index is 13.1. The molecule has 0 spiro atoms. The molecule has 2 heterocycles. The lowest BCUT2D eigenvalue weighted by atomic mass is 9.97. The largest absolute Gasteiger partial charge is 0.481 e. The maximum atomic E-state index is 13.1. The Kier molecular flexibility index (Phi) is 6.22. The van der Waals surface area contributed by atoms with Gasteiger partial charge in [0.05, 0.1) is 5.92 Å². The lowest BCUT2D eigenvalue weighted by molar-refractivity contribution is -0.145. The van der Waals surface area contributed by atoms with Gasteiger partial charge >= 0.3 is 11.6 Å². The van der Waals surface area contributed by atoms with Crippen LogP contribution >= 0.6 is 0 Å². The highest BCUT2D eigenvalue weighted by Crippen LogP contribution is 2.32. The zero-order valence-electron chi connectivity index (χ0n) is 19.1. The predicted octanol–water partition coefficient (Wildman–Crippen LogP) is 3.92. The molecule has 2 atom stereocenters. The summed E-state index contributed by atoms with van der Waals surface area (Å²) in [5.41, 5.74) is 3.60. The summed E-state index contributed by atoms with van der Waals surface area (Å²) in [6, 6.07) is 14.5. The number of carboxylic acid groups (broad SMARTS) is 1. The number of amides is 1. The molecule has 1 saturated heterocycles. The van der Waals surface area contributed by atoms with E-state index in [0.29, 0.717) is 25.0 Å². The fraction of sp³-hybridized carbons (Fsp3) is 0.346. The van der Waals surface area contributed by atoms with E-state index in [9.17, 15) is 19.5 Å². The van der Waals surface area contributed by atoms with Gasteiger partial charge in [0, 0.05) is 48.9 Å². The minimum absolute atomic E-state index is 0.112. The molecule has 1 unspecified atom stereocenters. The molecule has 1 aliphatic rings. The van der Waals surface area contributed by atoms with Crippen LogP contribution in [0.15, 0.2) is 57.7 Å². The van der Waals surface area contributed by atoms with Crippen LogP contribution in [-0.2, 0) is 9.59 Å². The minimum Gasteiger partial charge on any atom is -0.481 e. The average Bonchev–Trinajstić information content (AvgIpc) is 2.82. The fourth-order valence-corrected chi connectivity index (χ4v) is 4.50. The van der Waals surface area contributed by atoms with Gasteiger partial charge in [-0.1, -0.05) is 24.3 Å². The summed E-state index contributed by atoms with van der Waals surface area (Å²) >= 11 is 0. The lowest BCUT2D eigenvalue weighted by Crippen LogP contribution is -2.50. The van der Waals surface area contributed by atoms with Crippen LogP contribution in [0.1, 0.15) is 25.3 Å².